The molecule has 0 atom stereocenters. The second-order valence-corrected chi connectivity index (χ2v) is 14.8. The molecule has 7 heteroatoms. The summed E-state index contributed by atoms with van der Waals surface area (Å²) < 4.78 is 26.6. The van der Waals surface area contributed by atoms with E-state index in [0.29, 0.717) is 11.4 Å². The molecule has 5 nitrogen and oxygen atoms in total. The second-order valence-electron chi connectivity index (χ2n) is 11.9. The molecule has 39 heavy (non-hydrogen) atoms. The molecular formula is C32H36N2O3S2. The zero-order valence-electron chi connectivity index (χ0n) is 22.4. The van der Waals surface area contributed by atoms with Gasteiger partial charge in [-0.2, -0.15) is 0 Å². The monoisotopic (exact) mass is 560 g/mol. The van der Waals surface area contributed by atoms with Gasteiger partial charge in [0, 0.05) is 16.3 Å². The van der Waals surface area contributed by atoms with E-state index in [1.54, 1.807) is 11.8 Å². The van der Waals surface area contributed by atoms with Crippen LogP contribution in [0.4, 0.5) is 11.4 Å². The molecule has 7 rings (SSSR count). The maximum atomic E-state index is 12.9. The molecule has 4 fully saturated rings. The Bertz CT molecular complexity index is 1390. The fourth-order valence-electron chi connectivity index (χ4n) is 7.54. The molecule has 204 valence electrons. The molecular weight excluding hydrogens is 524 g/mol. The minimum absolute atomic E-state index is 0.256. The standard InChI is InChI=1S/C32H36N2O3S2/c1-39(36,37)34(21-31(35)33-28-11-7-23(8-12-28)22-38-30-5-3-2-4-6-30)29-13-9-27(10-14-29)32-18-24-15-25(19-32)17-26(16-24)20-32/h2-14,24-26H,15-22H2,1H3,(H,33,35). The first-order valence-electron chi connectivity index (χ1n) is 13.9. The lowest BCUT2D eigenvalue weighted by molar-refractivity contribution is -0.114. The van der Waals surface area contributed by atoms with Crippen molar-refractivity contribution in [2.45, 2.75) is 54.6 Å². The molecule has 0 aliphatic heterocycles. The molecule has 1 N–H and O–H groups in total. The van der Waals surface area contributed by atoms with Crippen LogP contribution in [0.1, 0.15) is 49.7 Å². The van der Waals surface area contributed by atoms with E-state index in [0.717, 1.165) is 35.3 Å². The van der Waals surface area contributed by atoms with Crippen molar-refractivity contribution in [1.29, 1.82) is 0 Å². The minimum Gasteiger partial charge on any atom is -0.325 e. The maximum Gasteiger partial charge on any atom is 0.245 e. The minimum atomic E-state index is -3.63. The Kier molecular flexibility index (Phi) is 7.23. The molecule has 0 spiro atoms. The van der Waals surface area contributed by atoms with Crippen LogP contribution in [0.25, 0.3) is 0 Å². The summed E-state index contributed by atoms with van der Waals surface area (Å²) in [6.45, 7) is -0.263. The number of anilines is 2. The van der Waals surface area contributed by atoms with Gasteiger partial charge in [0.2, 0.25) is 15.9 Å². The number of rotatable bonds is 9. The number of carbonyl (C=O) groups is 1. The van der Waals surface area contributed by atoms with E-state index < -0.39 is 10.0 Å². The van der Waals surface area contributed by atoms with Gasteiger partial charge in [0.25, 0.3) is 0 Å². The molecule has 4 bridgehead atoms. The van der Waals surface area contributed by atoms with Crippen LogP contribution >= 0.6 is 11.8 Å². The smallest absolute Gasteiger partial charge is 0.245 e. The summed E-state index contributed by atoms with van der Waals surface area (Å²) in [5.41, 5.74) is 3.94. The molecule has 3 aromatic rings. The lowest BCUT2D eigenvalue weighted by Crippen LogP contribution is -2.48. The first-order chi connectivity index (χ1) is 18.8. The van der Waals surface area contributed by atoms with Crippen molar-refractivity contribution in [3.05, 3.63) is 90.0 Å². The second kappa shape index (κ2) is 10.7. The summed E-state index contributed by atoms with van der Waals surface area (Å²) in [6.07, 6.45) is 9.13. The van der Waals surface area contributed by atoms with E-state index in [-0.39, 0.29) is 17.9 Å². The Morgan fingerprint density at radius 3 is 2.03 bits per heavy atom. The van der Waals surface area contributed by atoms with E-state index in [9.17, 15) is 13.2 Å². The highest BCUT2D eigenvalue weighted by atomic mass is 32.2. The average molecular weight is 561 g/mol. The van der Waals surface area contributed by atoms with Crippen LogP contribution < -0.4 is 9.62 Å². The Balaban J connectivity index is 1.10. The number of benzene rings is 3. The van der Waals surface area contributed by atoms with Crippen molar-refractivity contribution in [1.82, 2.24) is 0 Å². The van der Waals surface area contributed by atoms with Crippen LogP contribution in [0.5, 0.6) is 0 Å². The average Bonchev–Trinajstić information content (AvgIpc) is 2.91. The first-order valence-corrected chi connectivity index (χ1v) is 16.7. The van der Waals surface area contributed by atoms with Gasteiger partial charge in [0.15, 0.2) is 0 Å². The molecule has 0 saturated heterocycles. The number of thioether (sulfide) groups is 1. The van der Waals surface area contributed by atoms with Gasteiger partial charge < -0.3 is 5.32 Å². The van der Waals surface area contributed by atoms with E-state index >= 15 is 0 Å². The number of hydrogen-bond acceptors (Lipinski definition) is 4. The molecule has 0 aromatic heterocycles. The highest BCUT2D eigenvalue weighted by molar-refractivity contribution is 7.98. The number of nitrogens with zero attached hydrogens (tertiary/aromatic N) is 1. The highest BCUT2D eigenvalue weighted by Crippen LogP contribution is 2.60. The largest absolute Gasteiger partial charge is 0.325 e. The fourth-order valence-corrected chi connectivity index (χ4v) is 9.28. The van der Waals surface area contributed by atoms with Crippen LogP contribution in [0, 0.1) is 17.8 Å². The van der Waals surface area contributed by atoms with E-state index in [2.05, 4.69) is 29.6 Å². The molecule has 1 amide bonds. The molecule has 0 unspecified atom stereocenters. The van der Waals surface area contributed by atoms with Gasteiger partial charge in [0.1, 0.15) is 6.54 Å². The van der Waals surface area contributed by atoms with Gasteiger partial charge in [0.05, 0.1) is 11.9 Å². The first kappa shape index (κ1) is 26.5. The van der Waals surface area contributed by atoms with Gasteiger partial charge in [-0.05, 0) is 109 Å². The quantitative estimate of drug-likeness (QED) is 0.291. The summed E-state index contributed by atoms with van der Waals surface area (Å²) in [4.78, 5) is 14.1. The number of hydrogen-bond donors (Lipinski definition) is 1. The molecule has 3 aromatic carbocycles. The Morgan fingerprint density at radius 1 is 0.872 bits per heavy atom. The number of carbonyl (C=O) groups excluding carboxylic acids is 1. The van der Waals surface area contributed by atoms with E-state index in [1.165, 1.54) is 53.3 Å². The van der Waals surface area contributed by atoms with Crippen molar-refractivity contribution >= 4 is 39.1 Å². The zero-order chi connectivity index (χ0) is 27.0. The highest BCUT2D eigenvalue weighted by Gasteiger charge is 2.51. The maximum absolute atomic E-state index is 12.9. The third-order valence-electron chi connectivity index (χ3n) is 8.88. The number of nitrogens with one attached hydrogen (secondary N) is 1. The SMILES string of the molecule is CS(=O)(=O)N(CC(=O)Nc1ccc(CSc2ccccc2)cc1)c1ccc(C23CC4CC(CC(C4)C2)C3)cc1. The van der Waals surface area contributed by atoms with Crippen molar-refractivity contribution in [3.63, 3.8) is 0 Å². The van der Waals surface area contributed by atoms with Gasteiger partial charge in [-0.3, -0.25) is 9.10 Å². The summed E-state index contributed by atoms with van der Waals surface area (Å²) in [6, 6.07) is 26.0. The van der Waals surface area contributed by atoms with Gasteiger partial charge in [-0.1, -0.05) is 42.5 Å². The van der Waals surface area contributed by atoms with Crippen molar-refractivity contribution in [2.24, 2.45) is 17.8 Å². The fraction of sp³-hybridized carbons (Fsp3) is 0.406. The van der Waals surface area contributed by atoms with Gasteiger partial charge >= 0.3 is 0 Å². The lowest BCUT2D eigenvalue weighted by Gasteiger charge is -2.57. The van der Waals surface area contributed by atoms with Crippen LogP contribution in [0.2, 0.25) is 0 Å². The van der Waals surface area contributed by atoms with Crippen molar-refractivity contribution in [2.75, 3.05) is 22.4 Å². The van der Waals surface area contributed by atoms with Crippen molar-refractivity contribution in [3.8, 4) is 0 Å². The zero-order valence-corrected chi connectivity index (χ0v) is 24.0. The van der Waals surface area contributed by atoms with Gasteiger partial charge in [-0.25, -0.2) is 8.42 Å². The predicted octanol–water partition coefficient (Wildman–Crippen LogP) is 6.85. The molecule has 4 aliphatic rings. The summed E-state index contributed by atoms with van der Waals surface area (Å²) in [5, 5.41) is 2.86. The van der Waals surface area contributed by atoms with Crippen LogP contribution in [-0.4, -0.2) is 27.1 Å². The van der Waals surface area contributed by atoms with Crippen LogP contribution in [-0.2, 0) is 26.0 Å². The molecule has 4 saturated carbocycles. The van der Waals surface area contributed by atoms with Crippen LogP contribution in [0.15, 0.2) is 83.8 Å². The third kappa shape index (κ3) is 5.90. The lowest BCUT2D eigenvalue weighted by atomic mass is 9.48. The number of amides is 1. The normalized spacial score (nSPS) is 25.4. The molecule has 4 aliphatic carbocycles. The van der Waals surface area contributed by atoms with E-state index in [4.69, 9.17) is 0 Å². The molecule has 0 heterocycles. The summed E-state index contributed by atoms with van der Waals surface area (Å²) in [7, 11) is -3.63. The Labute approximate surface area is 236 Å². The third-order valence-corrected chi connectivity index (χ3v) is 11.1. The topological polar surface area (TPSA) is 66.5 Å². The Hall–Kier alpha value is -2.77. The predicted molar refractivity (Wildman–Crippen MR) is 160 cm³/mol. The molecule has 0 radical (unpaired) electrons. The van der Waals surface area contributed by atoms with Crippen molar-refractivity contribution < 1.29 is 13.2 Å². The Morgan fingerprint density at radius 2 is 1.46 bits per heavy atom. The number of sulfonamides is 1. The van der Waals surface area contributed by atoms with E-state index in [1.807, 2.05) is 54.6 Å². The van der Waals surface area contributed by atoms with Gasteiger partial charge in [-0.15, -0.1) is 11.8 Å². The summed E-state index contributed by atoms with van der Waals surface area (Å²) >= 11 is 1.76. The summed E-state index contributed by atoms with van der Waals surface area (Å²) in [5.74, 6) is 3.02. The van der Waals surface area contributed by atoms with Crippen LogP contribution in [0.3, 0.4) is 0 Å².